The second kappa shape index (κ2) is 8.36. The summed E-state index contributed by atoms with van der Waals surface area (Å²) in [5.74, 6) is 0.280. The summed E-state index contributed by atoms with van der Waals surface area (Å²) in [6, 6.07) is 41.1. The number of rotatable bonds is 3. The number of allylic oxidation sites excluding steroid dienone is 1. The van der Waals surface area contributed by atoms with Crippen molar-refractivity contribution in [3.63, 3.8) is 0 Å². The molecule has 1 atom stereocenters. The van der Waals surface area contributed by atoms with Gasteiger partial charge < -0.3 is 9.40 Å². The Balaban J connectivity index is 1.25. The molecule has 1 N–H and O–H groups in total. The molecule has 0 radical (unpaired) electrons. The zero-order chi connectivity index (χ0) is 25.1. The van der Waals surface area contributed by atoms with Crippen LogP contribution in [0, 0.1) is 0 Å². The smallest absolute Gasteiger partial charge is 0.136 e. The molecule has 0 saturated heterocycles. The largest absolute Gasteiger partial charge is 0.456 e. The lowest BCUT2D eigenvalue weighted by Crippen LogP contribution is -2.05. The summed E-state index contributed by atoms with van der Waals surface area (Å²) in [5, 5.41) is 3.63. The number of nitrogens with one attached hydrogen (secondary N) is 1. The van der Waals surface area contributed by atoms with Gasteiger partial charge in [0.1, 0.15) is 11.2 Å². The van der Waals surface area contributed by atoms with Gasteiger partial charge in [0.25, 0.3) is 0 Å². The Morgan fingerprint density at radius 1 is 0.632 bits per heavy atom. The number of H-pyrrole nitrogens is 1. The fourth-order valence-electron chi connectivity index (χ4n) is 6.18. The normalized spacial score (nSPS) is 14.9. The number of fused-ring (bicyclic) bond motifs is 6. The molecule has 5 aromatic carbocycles. The number of aromatic nitrogens is 1. The molecule has 180 valence electrons. The van der Waals surface area contributed by atoms with Gasteiger partial charge >= 0.3 is 0 Å². The van der Waals surface area contributed by atoms with Crippen LogP contribution >= 0.6 is 0 Å². The molecule has 2 heteroatoms. The Labute approximate surface area is 220 Å². The number of benzene rings is 5. The van der Waals surface area contributed by atoms with Crippen molar-refractivity contribution >= 4 is 38.9 Å². The van der Waals surface area contributed by atoms with Gasteiger partial charge in [-0.2, -0.15) is 0 Å². The summed E-state index contributed by atoms with van der Waals surface area (Å²) in [7, 11) is 0. The fraction of sp³-hybridized carbons (Fsp3) is 0.0556. The van der Waals surface area contributed by atoms with Gasteiger partial charge in [-0.15, -0.1) is 0 Å². The molecule has 2 heterocycles. The van der Waals surface area contributed by atoms with E-state index in [4.69, 9.17) is 4.42 Å². The van der Waals surface area contributed by atoms with E-state index in [0.717, 1.165) is 23.0 Å². The molecule has 0 saturated carbocycles. The quantitative estimate of drug-likeness (QED) is 0.264. The predicted octanol–water partition coefficient (Wildman–Crippen LogP) is 9.95. The lowest BCUT2D eigenvalue weighted by atomic mass is 9.84. The maximum absolute atomic E-state index is 6.17. The van der Waals surface area contributed by atoms with Crippen molar-refractivity contribution in [2.45, 2.75) is 12.3 Å². The van der Waals surface area contributed by atoms with Gasteiger partial charge in [0.2, 0.25) is 0 Å². The summed E-state index contributed by atoms with van der Waals surface area (Å²) in [5.41, 5.74) is 11.9. The van der Waals surface area contributed by atoms with Crippen LogP contribution in [0.25, 0.3) is 61.2 Å². The highest BCUT2D eigenvalue weighted by Crippen LogP contribution is 2.42. The first-order chi connectivity index (χ1) is 18.8. The molecule has 1 aliphatic rings. The van der Waals surface area contributed by atoms with E-state index in [-0.39, 0.29) is 5.92 Å². The summed E-state index contributed by atoms with van der Waals surface area (Å²) < 4.78 is 6.17. The second-order valence-electron chi connectivity index (χ2n) is 10.2. The second-order valence-corrected chi connectivity index (χ2v) is 10.2. The minimum absolute atomic E-state index is 0.280. The molecule has 0 aliphatic heterocycles. The van der Waals surface area contributed by atoms with Crippen LogP contribution in [-0.4, -0.2) is 4.98 Å². The monoisotopic (exact) mass is 487 g/mol. The topological polar surface area (TPSA) is 28.9 Å². The highest BCUT2D eigenvalue weighted by molar-refractivity contribution is 6.12. The molecule has 2 aromatic heterocycles. The standard InChI is InChI=1S/C36H25NO/c1-2-9-23(10-3-1)24-19-20-32-31(22-24)29-16-7-15-28(36(29)37-32)26-12-6-11-25(21-26)27-14-8-18-34-35(27)30-13-4-5-17-33(30)38-34/h1-14,16-22,28,37H,15H2. The third kappa shape index (κ3) is 3.27. The van der Waals surface area contributed by atoms with E-state index in [2.05, 4.69) is 120 Å². The number of furan rings is 1. The molecular formula is C36H25NO. The summed E-state index contributed by atoms with van der Waals surface area (Å²) in [6.45, 7) is 0. The van der Waals surface area contributed by atoms with Crippen LogP contribution in [0.5, 0.6) is 0 Å². The van der Waals surface area contributed by atoms with E-state index in [0.29, 0.717) is 0 Å². The average molecular weight is 488 g/mol. The van der Waals surface area contributed by atoms with Gasteiger partial charge in [0.05, 0.1) is 0 Å². The number of hydrogen-bond acceptors (Lipinski definition) is 1. The number of para-hydroxylation sites is 1. The van der Waals surface area contributed by atoms with Crippen molar-refractivity contribution < 1.29 is 4.42 Å². The predicted molar refractivity (Wildman–Crippen MR) is 158 cm³/mol. The minimum Gasteiger partial charge on any atom is -0.456 e. The Morgan fingerprint density at radius 3 is 2.39 bits per heavy atom. The minimum atomic E-state index is 0.280. The van der Waals surface area contributed by atoms with Crippen LogP contribution in [0.3, 0.4) is 0 Å². The molecular weight excluding hydrogens is 462 g/mol. The van der Waals surface area contributed by atoms with Gasteiger partial charge in [-0.1, -0.05) is 103 Å². The van der Waals surface area contributed by atoms with Crippen LogP contribution in [0.4, 0.5) is 0 Å². The van der Waals surface area contributed by atoms with Crippen molar-refractivity contribution in [2.24, 2.45) is 0 Å². The molecule has 7 aromatic rings. The van der Waals surface area contributed by atoms with Crippen LogP contribution in [-0.2, 0) is 0 Å². The van der Waals surface area contributed by atoms with Crippen LogP contribution in [0.15, 0.2) is 126 Å². The van der Waals surface area contributed by atoms with E-state index in [1.165, 1.54) is 55.4 Å². The molecule has 0 spiro atoms. The Morgan fingerprint density at radius 2 is 1.45 bits per heavy atom. The third-order valence-corrected chi connectivity index (χ3v) is 7.98. The maximum Gasteiger partial charge on any atom is 0.136 e. The van der Waals surface area contributed by atoms with E-state index in [9.17, 15) is 0 Å². The first kappa shape index (κ1) is 21.3. The SMILES string of the molecule is C1=Cc2c([nH]c3ccc(-c4ccccc4)cc23)C(c2cccc(-c3cccc4oc5ccccc5c34)c2)C1. The highest BCUT2D eigenvalue weighted by Gasteiger charge is 2.24. The first-order valence-corrected chi connectivity index (χ1v) is 13.2. The van der Waals surface area contributed by atoms with E-state index in [1.807, 2.05) is 12.1 Å². The summed E-state index contributed by atoms with van der Waals surface area (Å²) in [4.78, 5) is 3.79. The Hall–Kier alpha value is -4.82. The first-order valence-electron chi connectivity index (χ1n) is 13.2. The zero-order valence-electron chi connectivity index (χ0n) is 20.8. The van der Waals surface area contributed by atoms with Crippen molar-refractivity contribution in [3.05, 3.63) is 138 Å². The Kier molecular flexibility index (Phi) is 4.68. The molecule has 38 heavy (non-hydrogen) atoms. The van der Waals surface area contributed by atoms with E-state index in [1.54, 1.807) is 0 Å². The molecule has 8 rings (SSSR count). The lowest BCUT2D eigenvalue weighted by molar-refractivity contribution is 0.669. The van der Waals surface area contributed by atoms with Crippen LogP contribution in [0.1, 0.15) is 29.2 Å². The molecule has 0 fully saturated rings. The Bertz CT molecular complexity index is 2000. The highest BCUT2D eigenvalue weighted by atomic mass is 16.3. The van der Waals surface area contributed by atoms with Gasteiger partial charge in [-0.25, -0.2) is 0 Å². The fourth-order valence-corrected chi connectivity index (χ4v) is 6.18. The molecule has 1 aliphatic carbocycles. The van der Waals surface area contributed by atoms with E-state index >= 15 is 0 Å². The number of hydrogen-bond donors (Lipinski definition) is 1. The van der Waals surface area contributed by atoms with Crippen molar-refractivity contribution in [3.8, 4) is 22.3 Å². The maximum atomic E-state index is 6.17. The van der Waals surface area contributed by atoms with Crippen molar-refractivity contribution in [1.29, 1.82) is 0 Å². The van der Waals surface area contributed by atoms with Crippen molar-refractivity contribution in [1.82, 2.24) is 4.98 Å². The van der Waals surface area contributed by atoms with Gasteiger partial charge in [-0.05, 0) is 58.5 Å². The van der Waals surface area contributed by atoms with Crippen LogP contribution < -0.4 is 0 Å². The molecule has 0 amide bonds. The average Bonchev–Trinajstić information content (AvgIpc) is 3.55. The molecule has 0 bridgehead atoms. The summed E-state index contributed by atoms with van der Waals surface area (Å²) >= 11 is 0. The zero-order valence-corrected chi connectivity index (χ0v) is 20.8. The third-order valence-electron chi connectivity index (χ3n) is 7.98. The molecule has 1 unspecified atom stereocenters. The number of aromatic amines is 1. The van der Waals surface area contributed by atoms with Crippen LogP contribution in [0.2, 0.25) is 0 Å². The van der Waals surface area contributed by atoms with E-state index < -0.39 is 0 Å². The summed E-state index contributed by atoms with van der Waals surface area (Å²) in [6.07, 6.45) is 5.60. The van der Waals surface area contributed by atoms with Crippen molar-refractivity contribution in [2.75, 3.05) is 0 Å². The van der Waals surface area contributed by atoms with Gasteiger partial charge in [0, 0.05) is 38.9 Å². The lowest BCUT2D eigenvalue weighted by Gasteiger charge is -2.20. The van der Waals surface area contributed by atoms with Gasteiger partial charge in [-0.3, -0.25) is 0 Å². The molecule has 2 nitrogen and oxygen atoms in total. The van der Waals surface area contributed by atoms with Gasteiger partial charge in [0.15, 0.2) is 0 Å².